The van der Waals surface area contributed by atoms with Crippen LogP contribution in [0.2, 0.25) is 0 Å². The van der Waals surface area contributed by atoms with Crippen molar-refractivity contribution in [3.8, 4) is 0 Å². The van der Waals surface area contributed by atoms with Gasteiger partial charge in [-0.25, -0.2) is 4.68 Å². The summed E-state index contributed by atoms with van der Waals surface area (Å²) in [5.74, 6) is -0.635. The van der Waals surface area contributed by atoms with Crippen LogP contribution in [0.25, 0.3) is 0 Å². The molecular weight excluding hydrogens is 682 g/mol. The number of aryl methyl sites for hydroxylation is 1. The first-order valence-corrected chi connectivity index (χ1v) is 22.0. The monoisotopic (exact) mass is 764 g/mol. The summed E-state index contributed by atoms with van der Waals surface area (Å²) >= 11 is 0. The van der Waals surface area contributed by atoms with Crippen molar-refractivity contribution in [3.63, 3.8) is 0 Å². The van der Waals surface area contributed by atoms with Crippen molar-refractivity contribution >= 4 is 17.7 Å². The van der Waals surface area contributed by atoms with E-state index in [0.717, 1.165) is 38.5 Å². The molecule has 0 aromatic carbocycles. The van der Waals surface area contributed by atoms with Crippen LogP contribution >= 0.6 is 0 Å². The summed E-state index contributed by atoms with van der Waals surface area (Å²) in [6, 6.07) is 0. The Kier molecular flexibility index (Phi) is 28.4. The van der Waals surface area contributed by atoms with Crippen LogP contribution in [0, 0.1) is 0 Å². The van der Waals surface area contributed by atoms with Crippen LogP contribution in [0.15, 0.2) is 6.20 Å². The fourth-order valence-corrected chi connectivity index (χ4v) is 6.42. The number of aromatic nitrogens is 3. The fourth-order valence-electron chi connectivity index (χ4n) is 6.42. The highest BCUT2D eigenvalue weighted by atomic mass is 16.6. The molecular formula is C44H81N3O7. The van der Waals surface area contributed by atoms with E-state index < -0.39 is 17.3 Å². The number of carbonyl (C=O) groups excluding carboxylic acids is 3. The van der Waals surface area contributed by atoms with E-state index in [1.807, 2.05) is 0 Å². The maximum Gasteiger partial charge on any atom is 0.306 e. The third-order valence-electron chi connectivity index (χ3n) is 10.1. The molecule has 0 saturated heterocycles. The molecule has 0 saturated carbocycles. The summed E-state index contributed by atoms with van der Waals surface area (Å²) in [4.78, 5) is 38.4. The number of unbranched alkanes of at least 4 members (excludes halogenated alkanes) is 20. The van der Waals surface area contributed by atoms with Gasteiger partial charge in [0.2, 0.25) is 0 Å². The topological polar surface area (TPSA) is 130 Å². The highest BCUT2D eigenvalue weighted by Gasteiger charge is 2.29. The van der Waals surface area contributed by atoms with Gasteiger partial charge in [0.15, 0.2) is 11.9 Å². The third kappa shape index (κ3) is 28.1. The Bertz CT molecular complexity index is 1100. The molecule has 10 heteroatoms. The molecule has 0 aliphatic rings. The molecule has 1 aromatic rings. The maximum absolute atomic E-state index is 12.9. The van der Waals surface area contributed by atoms with Gasteiger partial charge < -0.3 is 19.3 Å². The third-order valence-corrected chi connectivity index (χ3v) is 10.1. The normalized spacial score (nSPS) is 12.6. The van der Waals surface area contributed by atoms with Gasteiger partial charge in [0.25, 0.3) is 0 Å². The predicted octanol–water partition coefficient (Wildman–Crippen LogP) is 10.6. The summed E-state index contributed by atoms with van der Waals surface area (Å²) in [5, 5.41) is 18.4. The minimum atomic E-state index is -0.980. The number of ether oxygens (including phenoxy) is 3. The molecule has 54 heavy (non-hydrogen) atoms. The Morgan fingerprint density at radius 3 is 1.63 bits per heavy atom. The van der Waals surface area contributed by atoms with E-state index in [-0.39, 0.29) is 43.9 Å². The molecule has 0 unspecified atom stereocenters. The maximum atomic E-state index is 12.9. The van der Waals surface area contributed by atoms with Gasteiger partial charge in [-0.15, -0.1) is 5.10 Å². The zero-order chi connectivity index (χ0) is 39.9. The minimum Gasteiger partial charge on any atom is -0.462 e. The molecule has 0 bridgehead atoms. The van der Waals surface area contributed by atoms with Crippen LogP contribution in [0.5, 0.6) is 0 Å². The smallest absolute Gasteiger partial charge is 0.306 e. The number of rotatable bonds is 37. The first-order chi connectivity index (χ1) is 25.9. The van der Waals surface area contributed by atoms with E-state index in [1.165, 1.54) is 103 Å². The second-order valence-corrected chi connectivity index (χ2v) is 16.6. The number of hydrogen-bond donors (Lipinski definition) is 1. The molecule has 1 aromatic heterocycles. The van der Waals surface area contributed by atoms with Gasteiger partial charge in [-0.3, -0.25) is 14.4 Å². The Morgan fingerprint density at radius 2 is 1.15 bits per heavy atom. The highest BCUT2D eigenvalue weighted by Crippen LogP contribution is 2.18. The molecule has 0 fully saturated rings. The van der Waals surface area contributed by atoms with Gasteiger partial charge in [0.05, 0.1) is 24.4 Å². The Labute approximate surface area is 329 Å². The minimum absolute atomic E-state index is 0.0370. The summed E-state index contributed by atoms with van der Waals surface area (Å²) < 4.78 is 18.8. The second kappa shape index (κ2) is 30.8. The summed E-state index contributed by atoms with van der Waals surface area (Å²) in [6.07, 6.45) is 29.4. The largest absolute Gasteiger partial charge is 0.462 e. The van der Waals surface area contributed by atoms with E-state index in [9.17, 15) is 19.5 Å². The van der Waals surface area contributed by atoms with Crippen molar-refractivity contribution in [2.45, 2.75) is 239 Å². The van der Waals surface area contributed by atoms with Crippen LogP contribution < -0.4 is 0 Å². The van der Waals surface area contributed by atoms with Crippen molar-refractivity contribution in [2.75, 3.05) is 13.2 Å². The van der Waals surface area contributed by atoms with E-state index in [1.54, 1.807) is 38.6 Å². The molecule has 0 amide bonds. The van der Waals surface area contributed by atoms with Crippen LogP contribution in [0.3, 0.4) is 0 Å². The summed E-state index contributed by atoms with van der Waals surface area (Å²) in [5.41, 5.74) is -1.21. The van der Waals surface area contributed by atoms with Gasteiger partial charge in [-0.2, -0.15) is 0 Å². The van der Waals surface area contributed by atoms with Crippen LogP contribution in [0.1, 0.15) is 214 Å². The molecule has 0 radical (unpaired) electrons. The number of carbonyl (C=O) groups is 3. The second-order valence-electron chi connectivity index (χ2n) is 16.6. The Balaban J connectivity index is 2.55. The summed E-state index contributed by atoms with van der Waals surface area (Å²) in [7, 11) is 0. The molecule has 0 aliphatic heterocycles. The number of aliphatic hydroxyl groups is 1. The first-order valence-electron chi connectivity index (χ1n) is 22.0. The molecule has 0 aliphatic carbocycles. The molecule has 1 atom stereocenters. The fraction of sp³-hybridized carbons (Fsp3) is 0.886. The lowest BCUT2D eigenvalue weighted by molar-refractivity contribution is -0.160. The van der Waals surface area contributed by atoms with Gasteiger partial charge >= 0.3 is 11.9 Å². The first kappa shape index (κ1) is 49.7. The Hall–Kier alpha value is -2.33. The van der Waals surface area contributed by atoms with Gasteiger partial charge in [-0.05, 0) is 47.0 Å². The SMILES string of the molecule is CCCCCCCCCCCCCC(=O)OC[C@H](Cn1cc(CCC(=O)C(C)(C)OCCC(C)(C)O)nn1)OC(=O)CCCCCCCCCCCCC. The van der Waals surface area contributed by atoms with Crippen LogP contribution in [-0.4, -0.2) is 68.3 Å². The number of hydrogen-bond acceptors (Lipinski definition) is 9. The average Bonchev–Trinajstić information content (AvgIpc) is 3.57. The highest BCUT2D eigenvalue weighted by molar-refractivity contribution is 5.86. The van der Waals surface area contributed by atoms with Gasteiger partial charge in [-0.1, -0.05) is 147 Å². The van der Waals surface area contributed by atoms with E-state index in [4.69, 9.17) is 14.2 Å². The van der Waals surface area contributed by atoms with E-state index in [0.29, 0.717) is 31.4 Å². The number of Topliss-reactive ketones (excluding diaryl/α,β-unsaturated/α-hetero) is 1. The van der Waals surface area contributed by atoms with Gasteiger partial charge in [0, 0.05) is 31.9 Å². The lowest BCUT2D eigenvalue weighted by atomic mass is 9.98. The molecule has 1 N–H and O–H groups in total. The summed E-state index contributed by atoms with van der Waals surface area (Å²) in [6.45, 7) is 11.8. The van der Waals surface area contributed by atoms with E-state index >= 15 is 0 Å². The van der Waals surface area contributed by atoms with E-state index in [2.05, 4.69) is 24.2 Å². The zero-order valence-corrected chi connectivity index (χ0v) is 35.6. The molecule has 1 heterocycles. The van der Waals surface area contributed by atoms with Crippen LogP contribution in [0.4, 0.5) is 0 Å². The lowest BCUT2D eigenvalue weighted by Crippen LogP contribution is -2.37. The lowest BCUT2D eigenvalue weighted by Gasteiger charge is -2.26. The van der Waals surface area contributed by atoms with Crippen LogP contribution in [-0.2, 0) is 41.6 Å². The molecule has 0 spiro atoms. The van der Waals surface area contributed by atoms with Crippen molar-refractivity contribution in [2.24, 2.45) is 0 Å². The Morgan fingerprint density at radius 1 is 0.685 bits per heavy atom. The zero-order valence-electron chi connectivity index (χ0n) is 35.6. The molecule has 10 nitrogen and oxygen atoms in total. The molecule has 314 valence electrons. The molecule has 1 rings (SSSR count). The number of ketones is 1. The average molecular weight is 764 g/mol. The van der Waals surface area contributed by atoms with Crippen molar-refractivity contribution < 1.29 is 33.7 Å². The van der Waals surface area contributed by atoms with Gasteiger partial charge in [0.1, 0.15) is 12.2 Å². The van der Waals surface area contributed by atoms with Crippen molar-refractivity contribution in [1.29, 1.82) is 0 Å². The predicted molar refractivity (Wildman–Crippen MR) is 217 cm³/mol. The van der Waals surface area contributed by atoms with Crippen molar-refractivity contribution in [1.82, 2.24) is 15.0 Å². The quantitative estimate of drug-likeness (QED) is 0.0520. The number of esters is 2. The number of nitrogens with zero attached hydrogens (tertiary/aromatic N) is 3. The van der Waals surface area contributed by atoms with Crippen molar-refractivity contribution in [3.05, 3.63) is 11.9 Å². The standard InChI is InChI=1S/C44H81N3O7/c1-7-9-11-13-15-17-19-21-23-25-27-29-41(49)52-37-39(54-42(50)30-28-26-24-22-20-18-16-14-12-10-8-2)36-47-35-38(45-46-47)31-32-40(48)44(5,6)53-34-33-43(3,4)51/h35,39,51H,7-34,36-37H2,1-6H3/t39-/m0/s1.